The molecule has 2 aromatic rings. The normalized spacial score (nSPS) is 20.2. The molecule has 2 aliphatic heterocycles. The van der Waals surface area contributed by atoms with E-state index in [0.29, 0.717) is 29.8 Å². The van der Waals surface area contributed by atoms with E-state index in [1.54, 1.807) is 0 Å². The summed E-state index contributed by atoms with van der Waals surface area (Å²) in [5, 5.41) is 0. The Morgan fingerprint density at radius 3 is 2.55 bits per heavy atom. The summed E-state index contributed by atoms with van der Waals surface area (Å²) >= 11 is 0. The number of rotatable bonds is 3. The molecule has 0 atom stereocenters. The number of Topliss-reactive ketones (excluding diaryl/α,β-unsaturated/α-hetero) is 1. The number of hydrogen-bond donors (Lipinski definition) is 0. The van der Waals surface area contributed by atoms with Crippen LogP contribution in [0.15, 0.2) is 36.1 Å². The van der Waals surface area contributed by atoms with E-state index in [0.717, 1.165) is 34.7 Å². The van der Waals surface area contributed by atoms with Gasteiger partial charge in [-0.05, 0) is 55.2 Å². The summed E-state index contributed by atoms with van der Waals surface area (Å²) in [6.45, 7) is 3.36. The minimum absolute atomic E-state index is 0.0400. The van der Waals surface area contributed by atoms with Gasteiger partial charge in [0, 0.05) is 32.4 Å². The fourth-order valence-electron chi connectivity index (χ4n) is 4.95. The molecule has 0 aromatic heterocycles. The van der Waals surface area contributed by atoms with Crippen LogP contribution in [0.4, 0.5) is 5.69 Å². The number of carbonyl (C=O) groups is 1. The predicted octanol–water partition coefficient (Wildman–Crippen LogP) is 5.16. The second kappa shape index (κ2) is 8.04. The summed E-state index contributed by atoms with van der Waals surface area (Å²) in [4.78, 5) is 17.7. The maximum absolute atomic E-state index is 13.2. The zero-order valence-corrected chi connectivity index (χ0v) is 18.6. The Kier molecular flexibility index (Phi) is 5.22. The van der Waals surface area contributed by atoms with Crippen molar-refractivity contribution < 1.29 is 14.3 Å². The first kappa shape index (κ1) is 20.1. The predicted molar refractivity (Wildman–Crippen MR) is 123 cm³/mol. The van der Waals surface area contributed by atoms with Crippen LogP contribution in [0, 0.1) is 6.92 Å². The molecule has 0 unspecified atom stereocenters. The molecule has 0 radical (unpaired) electrons. The SMILES string of the molecule is Cc1cc2c(c3c1C(=O)/C(=C/c1ccc(N(C)C)cc1)O3)CN(C1CCCCC1)CO2. The van der Waals surface area contributed by atoms with Gasteiger partial charge in [-0.3, -0.25) is 9.69 Å². The van der Waals surface area contributed by atoms with Crippen LogP contribution < -0.4 is 14.4 Å². The van der Waals surface area contributed by atoms with Gasteiger partial charge in [0.1, 0.15) is 18.2 Å². The molecule has 0 N–H and O–H groups in total. The molecule has 31 heavy (non-hydrogen) atoms. The third-order valence-corrected chi connectivity index (χ3v) is 6.75. The second-order valence-electron chi connectivity index (χ2n) is 9.11. The molecule has 3 aliphatic rings. The van der Waals surface area contributed by atoms with Crippen LogP contribution in [-0.4, -0.2) is 37.6 Å². The number of carbonyl (C=O) groups excluding carboxylic acids is 1. The lowest BCUT2D eigenvalue weighted by molar-refractivity contribution is 0.0393. The van der Waals surface area contributed by atoms with Gasteiger partial charge < -0.3 is 14.4 Å². The quantitative estimate of drug-likeness (QED) is 0.644. The van der Waals surface area contributed by atoms with E-state index < -0.39 is 0 Å². The summed E-state index contributed by atoms with van der Waals surface area (Å²) in [6.07, 6.45) is 8.19. The largest absolute Gasteiger partial charge is 0.478 e. The van der Waals surface area contributed by atoms with Gasteiger partial charge >= 0.3 is 0 Å². The first-order valence-corrected chi connectivity index (χ1v) is 11.3. The summed E-state index contributed by atoms with van der Waals surface area (Å²) in [6, 6.07) is 10.7. The highest BCUT2D eigenvalue weighted by Gasteiger charge is 2.36. The van der Waals surface area contributed by atoms with Crippen molar-refractivity contribution in [1.82, 2.24) is 4.90 Å². The molecule has 1 fully saturated rings. The molecule has 5 nitrogen and oxygen atoms in total. The Balaban J connectivity index is 1.45. The topological polar surface area (TPSA) is 42.0 Å². The Morgan fingerprint density at radius 1 is 1.10 bits per heavy atom. The molecule has 1 aliphatic carbocycles. The van der Waals surface area contributed by atoms with Crippen molar-refractivity contribution >= 4 is 17.5 Å². The molecular weight excluding hydrogens is 388 g/mol. The standard InChI is InChI=1S/C26H30N2O3/c1-17-13-22-21(15-28(16-30-22)20-7-5-4-6-8-20)26-24(17)25(29)23(31-26)14-18-9-11-19(12-10-18)27(2)3/h9-14,20H,4-8,15-16H2,1-3H3/b23-14-. The van der Waals surface area contributed by atoms with Crippen LogP contribution >= 0.6 is 0 Å². The van der Waals surface area contributed by atoms with Crippen molar-refractivity contribution in [2.24, 2.45) is 0 Å². The van der Waals surface area contributed by atoms with Crippen molar-refractivity contribution in [1.29, 1.82) is 0 Å². The number of hydrogen-bond acceptors (Lipinski definition) is 5. The molecule has 5 rings (SSSR count). The molecule has 0 amide bonds. The van der Waals surface area contributed by atoms with Gasteiger partial charge in [0.25, 0.3) is 0 Å². The van der Waals surface area contributed by atoms with Gasteiger partial charge in [-0.25, -0.2) is 0 Å². The second-order valence-corrected chi connectivity index (χ2v) is 9.11. The number of fused-ring (bicyclic) bond motifs is 3. The lowest BCUT2D eigenvalue weighted by atomic mass is 9.93. The first-order valence-electron chi connectivity index (χ1n) is 11.3. The zero-order chi connectivity index (χ0) is 21.5. The number of allylic oxidation sites excluding steroid dienone is 1. The van der Waals surface area contributed by atoms with Gasteiger partial charge in [0.05, 0.1) is 11.1 Å². The molecule has 1 saturated carbocycles. The Morgan fingerprint density at radius 2 is 1.84 bits per heavy atom. The number of ether oxygens (including phenoxy) is 2. The van der Waals surface area contributed by atoms with Crippen LogP contribution in [0.1, 0.15) is 59.2 Å². The van der Waals surface area contributed by atoms with Crippen LogP contribution in [0.25, 0.3) is 6.08 Å². The van der Waals surface area contributed by atoms with Crippen molar-refractivity contribution in [3.63, 3.8) is 0 Å². The third-order valence-electron chi connectivity index (χ3n) is 6.75. The molecule has 2 aromatic carbocycles. The lowest BCUT2D eigenvalue weighted by Crippen LogP contribution is -2.41. The maximum atomic E-state index is 13.2. The number of anilines is 1. The molecule has 0 spiro atoms. The number of nitrogens with zero attached hydrogens (tertiary/aromatic N) is 2. The molecule has 0 bridgehead atoms. The molecule has 0 saturated heterocycles. The number of benzene rings is 2. The van der Waals surface area contributed by atoms with Crippen molar-refractivity contribution in [3.8, 4) is 11.5 Å². The van der Waals surface area contributed by atoms with Gasteiger partial charge in [-0.15, -0.1) is 0 Å². The average molecular weight is 419 g/mol. The minimum atomic E-state index is -0.0400. The van der Waals surface area contributed by atoms with Crippen LogP contribution in [0.3, 0.4) is 0 Å². The maximum Gasteiger partial charge on any atom is 0.232 e. The van der Waals surface area contributed by atoms with E-state index in [1.807, 2.05) is 57.4 Å². The monoisotopic (exact) mass is 418 g/mol. The van der Waals surface area contributed by atoms with Crippen molar-refractivity contribution in [2.45, 2.75) is 51.6 Å². The summed E-state index contributed by atoms with van der Waals surface area (Å²) < 4.78 is 12.3. The average Bonchev–Trinajstić information content (AvgIpc) is 3.11. The van der Waals surface area contributed by atoms with Crippen LogP contribution in [0.5, 0.6) is 11.5 Å². The highest BCUT2D eigenvalue weighted by molar-refractivity contribution is 6.15. The van der Waals surface area contributed by atoms with Gasteiger partial charge in [0.15, 0.2) is 5.76 Å². The molecule has 2 heterocycles. The van der Waals surface area contributed by atoms with Gasteiger partial charge in [0.2, 0.25) is 5.78 Å². The molecule has 162 valence electrons. The van der Waals surface area contributed by atoms with E-state index in [1.165, 1.54) is 32.1 Å². The van der Waals surface area contributed by atoms with Crippen LogP contribution in [0.2, 0.25) is 0 Å². The number of aryl methyl sites for hydroxylation is 1. The number of ketones is 1. The fraction of sp³-hybridized carbons (Fsp3) is 0.423. The van der Waals surface area contributed by atoms with Crippen molar-refractivity contribution in [3.05, 3.63) is 58.3 Å². The van der Waals surface area contributed by atoms with E-state index in [4.69, 9.17) is 9.47 Å². The van der Waals surface area contributed by atoms with E-state index >= 15 is 0 Å². The van der Waals surface area contributed by atoms with E-state index in [-0.39, 0.29) is 5.78 Å². The van der Waals surface area contributed by atoms with Gasteiger partial charge in [-0.1, -0.05) is 31.4 Å². The lowest BCUT2D eigenvalue weighted by Gasteiger charge is -2.37. The van der Waals surface area contributed by atoms with E-state index in [9.17, 15) is 4.79 Å². The summed E-state index contributed by atoms with van der Waals surface area (Å²) in [5.74, 6) is 1.89. The summed E-state index contributed by atoms with van der Waals surface area (Å²) in [5.41, 5.74) is 4.68. The highest BCUT2D eigenvalue weighted by atomic mass is 16.5. The van der Waals surface area contributed by atoms with E-state index in [2.05, 4.69) is 9.80 Å². The zero-order valence-electron chi connectivity index (χ0n) is 18.6. The first-order chi connectivity index (χ1) is 15.0. The van der Waals surface area contributed by atoms with Crippen molar-refractivity contribution in [2.75, 3.05) is 25.7 Å². The Bertz CT molecular complexity index is 1030. The molecular formula is C26H30N2O3. The molecule has 5 heteroatoms. The Hall–Kier alpha value is -2.79. The minimum Gasteiger partial charge on any atom is -0.478 e. The Labute approximate surface area is 184 Å². The highest BCUT2D eigenvalue weighted by Crippen LogP contribution is 2.44. The van der Waals surface area contributed by atoms with Crippen LogP contribution in [-0.2, 0) is 6.54 Å². The summed E-state index contributed by atoms with van der Waals surface area (Å²) in [7, 11) is 4.02. The van der Waals surface area contributed by atoms with Gasteiger partial charge in [-0.2, -0.15) is 0 Å². The third kappa shape index (κ3) is 3.72. The fourth-order valence-corrected chi connectivity index (χ4v) is 4.95. The smallest absolute Gasteiger partial charge is 0.232 e.